The maximum absolute atomic E-state index is 11.3. The SMILES string of the molecule is COC(=O)CC1CCC2(CC1)C(C)(C)C2(C)C. The fourth-order valence-electron chi connectivity index (χ4n) is 4.49. The van der Waals surface area contributed by atoms with E-state index in [2.05, 4.69) is 27.7 Å². The standard InChI is InChI=1S/C15H26O2/c1-13(2)14(3,4)15(13)8-6-11(7-9-15)10-12(16)17-5/h11H,6-10H2,1-5H3. The number of esters is 1. The first-order valence-electron chi connectivity index (χ1n) is 6.85. The molecule has 0 aliphatic heterocycles. The first-order valence-corrected chi connectivity index (χ1v) is 6.85. The van der Waals surface area contributed by atoms with Gasteiger partial charge in [-0.25, -0.2) is 0 Å². The van der Waals surface area contributed by atoms with Gasteiger partial charge in [-0.2, -0.15) is 0 Å². The summed E-state index contributed by atoms with van der Waals surface area (Å²) in [6, 6.07) is 0. The number of methoxy groups -OCH3 is 1. The molecular formula is C15H26O2. The average Bonchev–Trinajstić information content (AvgIpc) is 2.60. The highest BCUT2D eigenvalue weighted by atomic mass is 16.5. The maximum atomic E-state index is 11.3. The van der Waals surface area contributed by atoms with E-state index in [4.69, 9.17) is 4.74 Å². The lowest BCUT2D eigenvalue weighted by atomic mass is 9.73. The minimum absolute atomic E-state index is 0.0414. The van der Waals surface area contributed by atoms with Crippen LogP contribution in [0.2, 0.25) is 0 Å². The molecule has 0 aromatic carbocycles. The molecule has 0 aromatic rings. The van der Waals surface area contributed by atoms with Crippen LogP contribution in [-0.4, -0.2) is 13.1 Å². The topological polar surface area (TPSA) is 26.3 Å². The normalized spacial score (nSPS) is 29.0. The van der Waals surface area contributed by atoms with E-state index in [1.54, 1.807) is 0 Å². The van der Waals surface area contributed by atoms with Crippen molar-refractivity contribution in [1.82, 2.24) is 0 Å². The van der Waals surface area contributed by atoms with Crippen molar-refractivity contribution < 1.29 is 9.53 Å². The zero-order chi connectivity index (χ0) is 12.9. The van der Waals surface area contributed by atoms with Gasteiger partial charge in [-0.3, -0.25) is 4.79 Å². The van der Waals surface area contributed by atoms with Crippen LogP contribution >= 0.6 is 0 Å². The average molecular weight is 238 g/mol. The summed E-state index contributed by atoms with van der Waals surface area (Å²) in [5, 5.41) is 0. The molecule has 0 unspecified atom stereocenters. The number of hydrogen-bond donors (Lipinski definition) is 0. The van der Waals surface area contributed by atoms with Crippen molar-refractivity contribution in [2.24, 2.45) is 22.2 Å². The molecule has 0 bridgehead atoms. The first-order chi connectivity index (χ1) is 7.78. The minimum Gasteiger partial charge on any atom is -0.469 e. The zero-order valence-corrected chi connectivity index (χ0v) is 11.9. The Hall–Kier alpha value is -0.530. The molecule has 98 valence electrons. The van der Waals surface area contributed by atoms with Crippen molar-refractivity contribution in [3.8, 4) is 0 Å². The van der Waals surface area contributed by atoms with Crippen LogP contribution in [0.5, 0.6) is 0 Å². The molecule has 0 saturated heterocycles. The molecule has 0 heterocycles. The molecule has 2 fully saturated rings. The maximum Gasteiger partial charge on any atom is 0.305 e. The molecule has 0 radical (unpaired) electrons. The third-order valence-corrected chi connectivity index (χ3v) is 6.53. The fourth-order valence-corrected chi connectivity index (χ4v) is 4.49. The predicted molar refractivity (Wildman–Crippen MR) is 68.6 cm³/mol. The molecule has 2 aliphatic carbocycles. The fraction of sp³-hybridized carbons (Fsp3) is 0.933. The van der Waals surface area contributed by atoms with Crippen molar-refractivity contribution in [1.29, 1.82) is 0 Å². The van der Waals surface area contributed by atoms with Crippen molar-refractivity contribution in [2.45, 2.75) is 59.8 Å². The van der Waals surface area contributed by atoms with E-state index < -0.39 is 0 Å². The van der Waals surface area contributed by atoms with E-state index in [1.165, 1.54) is 32.8 Å². The van der Waals surface area contributed by atoms with Crippen LogP contribution in [0.4, 0.5) is 0 Å². The summed E-state index contributed by atoms with van der Waals surface area (Å²) in [6.45, 7) is 9.64. The Morgan fingerprint density at radius 3 is 1.94 bits per heavy atom. The molecule has 2 heteroatoms. The molecular weight excluding hydrogens is 212 g/mol. The molecule has 2 rings (SSSR count). The molecule has 0 atom stereocenters. The summed E-state index contributed by atoms with van der Waals surface area (Å²) in [7, 11) is 1.49. The highest BCUT2D eigenvalue weighted by molar-refractivity contribution is 5.69. The lowest BCUT2D eigenvalue weighted by Crippen LogP contribution is -2.23. The lowest BCUT2D eigenvalue weighted by molar-refractivity contribution is -0.142. The summed E-state index contributed by atoms with van der Waals surface area (Å²) in [6.07, 6.45) is 5.58. The molecule has 0 amide bonds. The number of rotatable bonds is 2. The number of ether oxygens (including phenoxy) is 1. The summed E-state index contributed by atoms with van der Waals surface area (Å²) in [5.74, 6) is 0.514. The van der Waals surface area contributed by atoms with Gasteiger partial charge in [-0.05, 0) is 47.8 Å². The Kier molecular flexibility index (Phi) is 2.83. The number of hydrogen-bond acceptors (Lipinski definition) is 2. The van der Waals surface area contributed by atoms with E-state index >= 15 is 0 Å². The van der Waals surface area contributed by atoms with E-state index in [-0.39, 0.29) is 5.97 Å². The van der Waals surface area contributed by atoms with Crippen molar-refractivity contribution in [3.63, 3.8) is 0 Å². The van der Waals surface area contributed by atoms with Gasteiger partial charge in [0.15, 0.2) is 0 Å². The second kappa shape index (κ2) is 3.73. The first kappa shape index (κ1) is 12.9. The monoisotopic (exact) mass is 238 g/mol. The Morgan fingerprint density at radius 2 is 1.59 bits per heavy atom. The largest absolute Gasteiger partial charge is 0.469 e. The van der Waals surface area contributed by atoms with Crippen LogP contribution in [0.25, 0.3) is 0 Å². The van der Waals surface area contributed by atoms with E-state index in [0.29, 0.717) is 28.6 Å². The molecule has 2 saturated carbocycles. The molecule has 0 aromatic heterocycles. The zero-order valence-electron chi connectivity index (χ0n) is 11.9. The molecule has 2 nitrogen and oxygen atoms in total. The smallest absolute Gasteiger partial charge is 0.305 e. The predicted octanol–water partition coefficient (Wildman–Crippen LogP) is 3.79. The second-order valence-corrected chi connectivity index (χ2v) is 7.06. The molecule has 1 spiro atoms. The lowest BCUT2D eigenvalue weighted by Gasteiger charge is -2.31. The van der Waals surface area contributed by atoms with Gasteiger partial charge in [-0.1, -0.05) is 27.7 Å². The molecule has 0 N–H and O–H groups in total. The summed E-state index contributed by atoms with van der Waals surface area (Å²) >= 11 is 0. The van der Waals surface area contributed by atoms with Gasteiger partial charge in [0.1, 0.15) is 0 Å². The van der Waals surface area contributed by atoms with Gasteiger partial charge in [0.25, 0.3) is 0 Å². The Balaban J connectivity index is 1.94. The van der Waals surface area contributed by atoms with Gasteiger partial charge in [-0.15, -0.1) is 0 Å². The highest BCUT2D eigenvalue weighted by Gasteiger charge is 2.75. The summed E-state index contributed by atoms with van der Waals surface area (Å²) in [5.41, 5.74) is 1.47. The van der Waals surface area contributed by atoms with Crippen LogP contribution < -0.4 is 0 Å². The molecule has 17 heavy (non-hydrogen) atoms. The third kappa shape index (κ3) is 1.56. The van der Waals surface area contributed by atoms with Crippen LogP contribution in [-0.2, 0) is 9.53 Å². The van der Waals surface area contributed by atoms with E-state index in [1.807, 2.05) is 0 Å². The Bertz CT molecular complexity index is 304. The van der Waals surface area contributed by atoms with Gasteiger partial charge in [0.05, 0.1) is 7.11 Å². The van der Waals surface area contributed by atoms with Crippen LogP contribution in [0.3, 0.4) is 0 Å². The van der Waals surface area contributed by atoms with Gasteiger partial charge in [0.2, 0.25) is 0 Å². The van der Waals surface area contributed by atoms with Gasteiger partial charge in [0, 0.05) is 6.42 Å². The number of carbonyl (C=O) groups is 1. The quantitative estimate of drug-likeness (QED) is 0.684. The summed E-state index contributed by atoms with van der Waals surface area (Å²) < 4.78 is 4.76. The van der Waals surface area contributed by atoms with E-state index in [0.717, 1.165) is 0 Å². The van der Waals surface area contributed by atoms with Crippen LogP contribution in [0.15, 0.2) is 0 Å². The summed E-state index contributed by atoms with van der Waals surface area (Å²) in [4.78, 5) is 11.3. The third-order valence-electron chi connectivity index (χ3n) is 6.53. The van der Waals surface area contributed by atoms with Crippen LogP contribution in [0.1, 0.15) is 59.8 Å². The Labute approximate surface area is 105 Å². The van der Waals surface area contributed by atoms with Crippen molar-refractivity contribution in [2.75, 3.05) is 7.11 Å². The number of carbonyl (C=O) groups excluding carboxylic acids is 1. The van der Waals surface area contributed by atoms with Gasteiger partial charge >= 0.3 is 5.97 Å². The van der Waals surface area contributed by atoms with Crippen LogP contribution in [0, 0.1) is 22.2 Å². The van der Waals surface area contributed by atoms with Crippen molar-refractivity contribution >= 4 is 5.97 Å². The van der Waals surface area contributed by atoms with E-state index in [9.17, 15) is 4.79 Å². The second-order valence-electron chi connectivity index (χ2n) is 7.06. The molecule has 2 aliphatic rings. The minimum atomic E-state index is -0.0414. The highest BCUT2D eigenvalue weighted by Crippen LogP contribution is 2.82. The van der Waals surface area contributed by atoms with Crippen molar-refractivity contribution in [3.05, 3.63) is 0 Å². The van der Waals surface area contributed by atoms with Gasteiger partial charge < -0.3 is 4.74 Å². The Morgan fingerprint density at radius 1 is 1.12 bits per heavy atom.